The van der Waals surface area contributed by atoms with E-state index in [1.807, 2.05) is 56.3 Å². The van der Waals surface area contributed by atoms with E-state index in [9.17, 15) is 14.7 Å². The zero-order valence-corrected chi connectivity index (χ0v) is 13.9. The fourth-order valence-electron chi connectivity index (χ4n) is 3.61. The van der Waals surface area contributed by atoms with Crippen LogP contribution in [0.25, 0.3) is 0 Å². The standard InChI is InChI=1S/C20H21NO3/c1-13-7-14(2)9-17(8-13)21-18(22)12-20(19(23)24)10-15-5-3-4-6-16(15)11-20/h3-9H,10-12H2,1-2H3,(H,21,22)(H,23,24). The van der Waals surface area contributed by atoms with Gasteiger partial charge in [-0.1, -0.05) is 30.3 Å². The van der Waals surface area contributed by atoms with Gasteiger partial charge in [0.25, 0.3) is 0 Å². The number of carbonyl (C=O) groups is 2. The molecule has 4 nitrogen and oxygen atoms in total. The third-order valence-electron chi connectivity index (χ3n) is 4.63. The van der Waals surface area contributed by atoms with Crippen molar-refractivity contribution >= 4 is 17.6 Å². The van der Waals surface area contributed by atoms with Crippen LogP contribution in [0.3, 0.4) is 0 Å². The zero-order chi connectivity index (χ0) is 17.3. The van der Waals surface area contributed by atoms with Gasteiger partial charge in [-0.25, -0.2) is 0 Å². The summed E-state index contributed by atoms with van der Waals surface area (Å²) in [5.41, 5.74) is 3.84. The van der Waals surface area contributed by atoms with Crippen LogP contribution in [-0.2, 0) is 22.4 Å². The predicted molar refractivity (Wildman–Crippen MR) is 93.1 cm³/mol. The van der Waals surface area contributed by atoms with E-state index >= 15 is 0 Å². The fraction of sp³-hybridized carbons (Fsp3) is 0.300. The van der Waals surface area contributed by atoms with Gasteiger partial charge in [0, 0.05) is 12.1 Å². The van der Waals surface area contributed by atoms with E-state index in [2.05, 4.69) is 5.32 Å². The van der Waals surface area contributed by atoms with Gasteiger partial charge in [-0.15, -0.1) is 0 Å². The molecule has 0 aromatic heterocycles. The van der Waals surface area contributed by atoms with Crippen LogP contribution in [0.5, 0.6) is 0 Å². The third kappa shape index (κ3) is 3.18. The van der Waals surface area contributed by atoms with Gasteiger partial charge in [0.05, 0.1) is 5.41 Å². The fourth-order valence-corrected chi connectivity index (χ4v) is 3.61. The molecule has 24 heavy (non-hydrogen) atoms. The summed E-state index contributed by atoms with van der Waals surface area (Å²) in [6.45, 7) is 3.93. The molecular weight excluding hydrogens is 302 g/mol. The number of aliphatic carboxylic acids is 1. The molecule has 2 aromatic carbocycles. The molecule has 3 rings (SSSR count). The van der Waals surface area contributed by atoms with Crippen molar-refractivity contribution in [3.8, 4) is 0 Å². The Morgan fingerprint density at radius 2 is 1.58 bits per heavy atom. The normalized spacial score (nSPS) is 14.9. The van der Waals surface area contributed by atoms with Crippen LogP contribution < -0.4 is 5.32 Å². The molecule has 4 heteroatoms. The highest BCUT2D eigenvalue weighted by atomic mass is 16.4. The van der Waals surface area contributed by atoms with Gasteiger partial charge in [-0.05, 0) is 61.1 Å². The maximum Gasteiger partial charge on any atom is 0.310 e. The van der Waals surface area contributed by atoms with Crippen molar-refractivity contribution in [2.75, 3.05) is 5.32 Å². The van der Waals surface area contributed by atoms with Crippen molar-refractivity contribution in [3.63, 3.8) is 0 Å². The Bertz CT molecular complexity index is 765. The molecule has 1 amide bonds. The van der Waals surface area contributed by atoms with Gasteiger partial charge in [-0.3, -0.25) is 9.59 Å². The summed E-state index contributed by atoms with van der Waals surface area (Å²) in [6.07, 6.45) is 0.779. The molecule has 0 heterocycles. The highest BCUT2D eigenvalue weighted by molar-refractivity contribution is 5.95. The first-order chi connectivity index (χ1) is 11.4. The summed E-state index contributed by atoms with van der Waals surface area (Å²) in [5.74, 6) is -1.16. The van der Waals surface area contributed by atoms with Crippen LogP contribution in [0.1, 0.15) is 28.7 Å². The number of carboxylic acids is 1. The van der Waals surface area contributed by atoms with Crippen molar-refractivity contribution in [1.29, 1.82) is 0 Å². The largest absolute Gasteiger partial charge is 0.481 e. The second-order valence-electron chi connectivity index (χ2n) is 6.81. The van der Waals surface area contributed by atoms with Crippen LogP contribution in [0.15, 0.2) is 42.5 Å². The number of hydrogen-bond donors (Lipinski definition) is 2. The zero-order valence-electron chi connectivity index (χ0n) is 13.9. The lowest BCUT2D eigenvalue weighted by Gasteiger charge is -2.23. The predicted octanol–water partition coefficient (Wildman–Crippen LogP) is 3.50. The summed E-state index contributed by atoms with van der Waals surface area (Å²) in [5, 5.41) is 12.6. The highest BCUT2D eigenvalue weighted by Gasteiger charge is 2.45. The average molecular weight is 323 g/mol. The van der Waals surface area contributed by atoms with E-state index in [1.165, 1.54) is 0 Å². The monoisotopic (exact) mass is 323 g/mol. The van der Waals surface area contributed by atoms with Crippen LogP contribution in [0, 0.1) is 19.3 Å². The Kier molecular flexibility index (Phi) is 4.14. The van der Waals surface area contributed by atoms with E-state index in [-0.39, 0.29) is 12.3 Å². The highest BCUT2D eigenvalue weighted by Crippen LogP contribution is 2.40. The summed E-state index contributed by atoms with van der Waals surface area (Å²) in [6, 6.07) is 13.5. The van der Waals surface area contributed by atoms with Crippen LogP contribution in [0.2, 0.25) is 0 Å². The average Bonchev–Trinajstić information content (AvgIpc) is 2.85. The number of benzene rings is 2. The first kappa shape index (κ1) is 16.2. The maximum absolute atomic E-state index is 12.5. The smallest absolute Gasteiger partial charge is 0.310 e. The number of nitrogens with one attached hydrogen (secondary N) is 1. The summed E-state index contributed by atoms with van der Waals surface area (Å²) < 4.78 is 0. The third-order valence-corrected chi connectivity index (χ3v) is 4.63. The minimum Gasteiger partial charge on any atom is -0.481 e. The van der Waals surface area contributed by atoms with Crippen molar-refractivity contribution < 1.29 is 14.7 Å². The lowest BCUT2D eigenvalue weighted by Crippen LogP contribution is -2.36. The van der Waals surface area contributed by atoms with E-state index in [0.717, 1.165) is 22.3 Å². The molecule has 1 aliphatic carbocycles. The molecule has 1 aliphatic rings. The SMILES string of the molecule is Cc1cc(C)cc(NC(=O)CC2(C(=O)O)Cc3ccccc3C2)c1. The van der Waals surface area contributed by atoms with Gasteiger partial charge in [0.15, 0.2) is 0 Å². The Labute approximate surface area is 141 Å². The Morgan fingerprint density at radius 1 is 1.04 bits per heavy atom. The summed E-state index contributed by atoms with van der Waals surface area (Å²) >= 11 is 0. The number of carboxylic acid groups (broad SMARTS) is 1. The first-order valence-corrected chi connectivity index (χ1v) is 8.06. The van der Waals surface area contributed by atoms with Crippen LogP contribution in [0.4, 0.5) is 5.69 Å². The Hall–Kier alpha value is -2.62. The minimum atomic E-state index is -1.05. The second kappa shape index (κ2) is 6.11. The molecule has 0 fully saturated rings. The van der Waals surface area contributed by atoms with Gasteiger partial charge in [0.2, 0.25) is 5.91 Å². The van der Waals surface area contributed by atoms with E-state index < -0.39 is 11.4 Å². The molecule has 0 bridgehead atoms. The van der Waals surface area contributed by atoms with Gasteiger partial charge < -0.3 is 10.4 Å². The van der Waals surface area contributed by atoms with Gasteiger partial charge in [-0.2, -0.15) is 0 Å². The minimum absolute atomic E-state index is 0.0238. The van der Waals surface area contributed by atoms with Crippen molar-refractivity contribution in [3.05, 3.63) is 64.7 Å². The topological polar surface area (TPSA) is 66.4 Å². The van der Waals surface area contributed by atoms with Crippen LogP contribution >= 0.6 is 0 Å². The summed E-state index contributed by atoms with van der Waals surface area (Å²) in [7, 11) is 0. The Morgan fingerprint density at radius 3 is 2.08 bits per heavy atom. The van der Waals surface area contributed by atoms with Crippen molar-refractivity contribution in [1.82, 2.24) is 0 Å². The van der Waals surface area contributed by atoms with E-state index in [0.29, 0.717) is 18.5 Å². The van der Waals surface area contributed by atoms with E-state index in [1.54, 1.807) is 0 Å². The summed E-state index contributed by atoms with van der Waals surface area (Å²) in [4.78, 5) is 24.4. The molecule has 124 valence electrons. The molecule has 2 aromatic rings. The van der Waals surface area contributed by atoms with E-state index in [4.69, 9.17) is 0 Å². The molecular formula is C20H21NO3. The molecule has 0 unspecified atom stereocenters. The molecule has 0 aliphatic heterocycles. The first-order valence-electron chi connectivity index (χ1n) is 8.06. The molecule has 2 N–H and O–H groups in total. The number of hydrogen-bond acceptors (Lipinski definition) is 2. The maximum atomic E-state index is 12.5. The number of rotatable bonds is 4. The van der Waals surface area contributed by atoms with Crippen LogP contribution in [-0.4, -0.2) is 17.0 Å². The number of anilines is 1. The molecule has 0 saturated heterocycles. The lowest BCUT2D eigenvalue weighted by molar-refractivity contribution is -0.150. The van der Waals surface area contributed by atoms with Crippen molar-refractivity contribution in [2.24, 2.45) is 5.41 Å². The van der Waals surface area contributed by atoms with Crippen molar-refractivity contribution in [2.45, 2.75) is 33.1 Å². The molecule has 0 atom stereocenters. The number of aryl methyl sites for hydroxylation is 2. The van der Waals surface area contributed by atoms with Gasteiger partial charge >= 0.3 is 5.97 Å². The lowest BCUT2D eigenvalue weighted by atomic mass is 9.81. The Balaban J connectivity index is 1.78. The second-order valence-corrected chi connectivity index (χ2v) is 6.81. The van der Waals surface area contributed by atoms with Gasteiger partial charge in [0.1, 0.15) is 0 Å². The quantitative estimate of drug-likeness (QED) is 0.905. The number of amides is 1. The molecule has 0 saturated carbocycles. The molecule has 0 radical (unpaired) electrons. The molecule has 0 spiro atoms. The number of fused-ring (bicyclic) bond motifs is 1. The number of carbonyl (C=O) groups excluding carboxylic acids is 1.